The van der Waals surface area contributed by atoms with E-state index in [2.05, 4.69) is 22.9 Å². The molecule has 0 aliphatic carbocycles. The maximum absolute atomic E-state index is 12.4. The van der Waals surface area contributed by atoms with Crippen molar-refractivity contribution in [3.05, 3.63) is 17.8 Å². The Morgan fingerprint density at radius 3 is 2.79 bits per heavy atom. The molecule has 0 bridgehead atoms. The minimum atomic E-state index is -0.468. The summed E-state index contributed by atoms with van der Waals surface area (Å²) in [5.74, 6) is 1.84. The fourth-order valence-electron chi connectivity index (χ4n) is 3.57. The molecule has 3 heterocycles. The van der Waals surface area contributed by atoms with E-state index >= 15 is 0 Å². The maximum atomic E-state index is 12.4. The van der Waals surface area contributed by atoms with Gasteiger partial charge in [0, 0.05) is 24.7 Å². The average Bonchev–Trinajstić information content (AvgIpc) is 2.83. The second-order valence-corrected chi connectivity index (χ2v) is 7.59. The average molecular weight is 333 g/mol. The lowest BCUT2D eigenvalue weighted by atomic mass is 10.1. The van der Waals surface area contributed by atoms with Crippen LogP contribution in [0.3, 0.4) is 0 Å². The van der Waals surface area contributed by atoms with Crippen LogP contribution in [0.25, 0.3) is 0 Å². The van der Waals surface area contributed by atoms with Crippen LogP contribution in [0.2, 0.25) is 0 Å². The second-order valence-electron chi connectivity index (χ2n) is 7.59. The van der Waals surface area contributed by atoms with Crippen LogP contribution in [-0.2, 0) is 11.2 Å². The van der Waals surface area contributed by atoms with Crippen molar-refractivity contribution >= 4 is 11.9 Å². The highest BCUT2D eigenvalue weighted by Gasteiger charge is 2.41. The number of carbonyl (C=O) groups excluding carboxylic acids is 1. The standard InChI is InChI=1S/C18H27N3O3/c1-6-23-15-8-13-7-14-11-20(17(22)24-18(3,4)5)10-12(2)21(14)16(13)19-9-15/h8-9,12,14H,6-7,10-11H2,1-5H3/t12-,14-/m1/s1. The van der Waals surface area contributed by atoms with Crippen LogP contribution in [0.1, 0.15) is 40.2 Å². The molecule has 0 saturated carbocycles. The quantitative estimate of drug-likeness (QED) is 0.833. The Hall–Kier alpha value is -1.98. The van der Waals surface area contributed by atoms with Gasteiger partial charge in [-0.15, -0.1) is 0 Å². The lowest BCUT2D eigenvalue weighted by molar-refractivity contribution is 0.0191. The van der Waals surface area contributed by atoms with Crippen molar-refractivity contribution in [3.63, 3.8) is 0 Å². The molecule has 1 aromatic rings. The van der Waals surface area contributed by atoms with E-state index in [1.807, 2.05) is 32.6 Å². The number of hydrogen-bond donors (Lipinski definition) is 0. The highest BCUT2D eigenvalue weighted by atomic mass is 16.6. The number of piperazine rings is 1. The summed E-state index contributed by atoms with van der Waals surface area (Å²) in [5, 5.41) is 0. The molecule has 1 amide bonds. The number of pyridine rings is 1. The topological polar surface area (TPSA) is 54.9 Å². The van der Waals surface area contributed by atoms with Crippen LogP contribution in [0.15, 0.2) is 12.3 Å². The first kappa shape index (κ1) is 16.9. The molecule has 0 radical (unpaired) electrons. The fourth-order valence-corrected chi connectivity index (χ4v) is 3.57. The Bertz CT molecular complexity index is 626. The first-order valence-corrected chi connectivity index (χ1v) is 8.66. The SMILES string of the molecule is CCOc1cnc2c(c1)C[C@@H]1CN(C(=O)OC(C)(C)C)C[C@@H](C)N21. The normalized spacial score (nSPS) is 22.9. The summed E-state index contributed by atoms with van der Waals surface area (Å²) in [6, 6.07) is 2.54. The van der Waals surface area contributed by atoms with E-state index in [-0.39, 0.29) is 18.2 Å². The first-order chi connectivity index (χ1) is 11.3. The van der Waals surface area contributed by atoms with Crippen LogP contribution in [0.4, 0.5) is 10.6 Å². The molecule has 1 saturated heterocycles. The number of rotatable bonds is 2. The minimum Gasteiger partial charge on any atom is -0.492 e. The van der Waals surface area contributed by atoms with Gasteiger partial charge in [0.05, 0.1) is 18.8 Å². The predicted molar refractivity (Wildman–Crippen MR) is 92.6 cm³/mol. The van der Waals surface area contributed by atoms with Gasteiger partial charge in [0.15, 0.2) is 0 Å². The summed E-state index contributed by atoms with van der Waals surface area (Å²) in [5.41, 5.74) is 0.730. The van der Waals surface area contributed by atoms with Crippen LogP contribution >= 0.6 is 0 Å². The summed E-state index contributed by atoms with van der Waals surface area (Å²) < 4.78 is 11.1. The van der Waals surface area contributed by atoms with Crippen LogP contribution < -0.4 is 9.64 Å². The van der Waals surface area contributed by atoms with E-state index in [4.69, 9.17) is 9.47 Å². The number of carbonyl (C=O) groups is 1. The van der Waals surface area contributed by atoms with E-state index in [1.165, 1.54) is 5.56 Å². The highest BCUT2D eigenvalue weighted by Crippen LogP contribution is 2.36. The maximum Gasteiger partial charge on any atom is 0.410 e. The molecule has 6 nitrogen and oxygen atoms in total. The summed E-state index contributed by atoms with van der Waals surface area (Å²) >= 11 is 0. The van der Waals surface area contributed by atoms with E-state index < -0.39 is 5.60 Å². The Kier molecular flexibility index (Phi) is 4.32. The molecular weight excluding hydrogens is 306 g/mol. The van der Waals surface area contributed by atoms with E-state index in [0.29, 0.717) is 19.7 Å². The number of fused-ring (bicyclic) bond motifs is 3. The number of nitrogens with zero attached hydrogens (tertiary/aromatic N) is 3. The van der Waals surface area contributed by atoms with E-state index in [1.54, 1.807) is 6.20 Å². The molecule has 24 heavy (non-hydrogen) atoms. The molecular formula is C18H27N3O3. The van der Waals surface area contributed by atoms with Gasteiger partial charge in [-0.1, -0.05) is 0 Å². The van der Waals surface area contributed by atoms with Gasteiger partial charge in [-0.2, -0.15) is 0 Å². The Morgan fingerprint density at radius 2 is 2.12 bits per heavy atom. The Labute approximate surface area is 143 Å². The third-order valence-electron chi connectivity index (χ3n) is 4.36. The first-order valence-electron chi connectivity index (χ1n) is 8.66. The monoisotopic (exact) mass is 333 g/mol. The van der Waals surface area contributed by atoms with Crippen molar-refractivity contribution in [3.8, 4) is 5.75 Å². The van der Waals surface area contributed by atoms with Gasteiger partial charge in [0.1, 0.15) is 17.2 Å². The van der Waals surface area contributed by atoms with Crippen molar-refractivity contribution in [2.75, 3.05) is 24.6 Å². The molecule has 0 unspecified atom stereocenters. The van der Waals surface area contributed by atoms with Gasteiger partial charge in [0.2, 0.25) is 0 Å². The number of hydrogen-bond acceptors (Lipinski definition) is 5. The molecule has 2 aliphatic heterocycles. The third-order valence-corrected chi connectivity index (χ3v) is 4.36. The largest absolute Gasteiger partial charge is 0.492 e. The van der Waals surface area contributed by atoms with Gasteiger partial charge in [-0.25, -0.2) is 9.78 Å². The highest BCUT2D eigenvalue weighted by molar-refractivity contribution is 5.69. The molecule has 0 spiro atoms. The molecule has 2 aliphatic rings. The zero-order chi connectivity index (χ0) is 17.5. The van der Waals surface area contributed by atoms with Gasteiger partial charge < -0.3 is 19.3 Å². The smallest absolute Gasteiger partial charge is 0.410 e. The molecule has 6 heteroatoms. The van der Waals surface area contributed by atoms with Crippen molar-refractivity contribution in [2.24, 2.45) is 0 Å². The van der Waals surface area contributed by atoms with Gasteiger partial charge in [0.25, 0.3) is 0 Å². The zero-order valence-electron chi connectivity index (χ0n) is 15.2. The number of anilines is 1. The summed E-state index contributed by atoms with van der Waals surface area (Å²) in [4.78, 5) is 21.2. The molecule has 1 aromatic heterocycles. The van der Waals surface area contributed by atoms with Crippen molar-refractivity contribution in [2.45, 2.75) is 58.7 Å². The number of ether oxygens (including phenoxy) is 2. The summed E-state index contributed by atoms with van der Waals surface area (Å²) in [6.45, 7) is 11.8. The molecule has 1 fully saturated rings. The van der Waals surface area contributed by atoms with Crippen molar-refractivity contribution < 1.29 is 14.3 Å². The van der Waals surface area contributed by atoms with E-state index in [0.717, 1.165) is 18.0 Å². The zero-order valence-corrected chi connectivity index (χ0v) is 15.2. The van der Waals surface area contributed by atoms with Crippen LogP contribution in [0.5, 0.6) is 5.75 Å². The molecule has 3 rings (SSSR count). The van der Waals surface area contributed by atoms with Crippen LogP contribution in [0, 0.1) is 0 Å². The molecule has 2 atom stereocenters. The van der Waals surface area contributed by atoms with Gasteiger partial charge >= 0.3 is 6.09 Å². The molecule has 132 valence electrons. The van der Waals surface area contributed by atoms with E-state index in [9.17, 15) is 4.79 Å². The number of amides is 1. The van der Waals surface area contributed by atoms with Crippen molar-refractivity contribution in [1.82, 2.24) is 9.88 Å². The Balaban J connectivity index is 1.75. The van der Waals surface area contributed by atoms with Gasteiger partial charge in [-0.05, 0) is 47.1 Å². The molecule has 0 N–H and O–H groups in total. The lowest BCUT2D eigenvalue weighted by Crippen LogP contribution is -2.58. The summed E-state index contributed by atoms with van der Waals surface area (Å²) in [6.07, 6.45) is 2.44. The number of aromatic nitrogens is 1. The van der Waals surface area contributed by atoms with Crippen molar-refractivity contribution in [1.29, 1.82) is 0 Å². The predicted octanol–water partition coefficient (Wildman–Crippen LogP) is 2.85. The molecule has 0 aromatic carbocycles. The van der Waals surface area contributed by atoms with Gasteiger partial charge in [-0.3, -0.25) is 0 Å². The lowest BCUT2D eigenvalue weighted by Gasteiger charge is -2.43. The Morgan fingerprint density at radius 1 is 1.38 bits per heavy atom. The second kappa shape index (κ2) is 6.15. The fraction of sp³-hybridized carbons (Fsp3) is 0.667. The third kappa shape index (κ3) is 3.28. The summed E-state index contributed by atoms with van der Waals surface area (Å²) in [7, 11) is 0. The minimum absolute atomic E-state index is 0.211. The van der Waals surface area contributed by atoms with Crippen LogP contribution in [-0.4, -0.2) is 53.4 Å².